The molecule has 164 valence electrons. The van der Waals surface area contributed by atoms with E-state index >= 15 is 0 Å². The lowest BCUT2D eigenvalue weighted by atomic mass is 9.96. The Morgan fingerprint density at radius 1 is 1.16 bits per heavy atom. The van der Waals surface area contributed by atoms with E-state index in [0.717, 1.165) is 43.1 Å². The molecule has 31 heavy (non-hydrogen) atoms. The lowest BCUT2D eigenvalue weighted by Crippen LogP contribution is -2.41. The molecule has 0 unspecified atom stereocenters. The molecular weight excluding hydrogens is 394 g/mol. The van der Waals surface area contributed by atoms with Crippen LogP contribution in [0.3, 0.4) is 0 Å². The number of carbonyl (C=O) groups is 1. The molecule has 1 amide bonds. The minimum absolute atomic E-state index is 0.00699. The molecule has 1 N–H and O–H groups in total. The summed E-state index contributed by atoms with van der Waals surface area (Å²) in [7, 11) is 0. The van der Waals surface area contributed by atoms with Gasteiger partial charge in [0.15, 0.2) is 0 Å². The Kier molecular flexibility index (Phi) is 6.66. The Morgan fingerprint density at radius 3 is 2.61 bits per heavy atom. The van der Waals surface area contributed by atoms with Gasteiger partial charge in [-0.25, -0.2) is 9.48 Å². The highest BCUT2D eigenvalue weighted by Crippen LogP contribution is 2.26. The van der Waals surface area contributed by atoms with Crippen molar-refractivity contribution in [2.75, 3.05) is 19.6 Å². The van der Waals surface area contributed by atoms with Gasteiger partial charge in [0, 0.05) is 12.5 Å². The quantitative estimate of drug-likeness (QED) is 0.600. The number of furan rings is 1. The van der Waals surface area contributed by atoms with Crippen molar-refractivity contribution in [2.45, 2.75) is 45.3 Å². The Labute approximate surface area is 181 Å². The van der Waals surface area contributed by atoms with Crippen molar-refractivity contribution in [1.29, 1.82) is 0 Å². The molecule has 0 spiro atoms. The normalized spacial score (nSPS) is 15.3. The van der Waals surface area contributed by atoms with Gasteiger partial charge in [-0.15, -0.1) is 0 Å². The second kappa shape index (κ2) is 9.78. The third kappa shape index (κ3) is 5.14. The summed E-state index contributed by atoms with van der Waals surface area (Å²) in [4.78, 5) is 27.2. The number of nitrogens with one attached hydrogen (secondary N) is 1. The van der Waals surface area contributed by atoms with Crippen LogP contribution in [0.5, 0.6) is 0 Å². The maximum Gasteiger partial charge on any atom is 0.346 e. The fourth-order valence-electron chi connectivity index (χ4n) is 4.12. The van der Waals surface area contributed by atoms with E-state index in [9.17, 15) is 9.59 Å². The van der Waals surface area contributed by atoms with Crippen LogP contribution < -0.4 is 11.0 Å². The van der Waals surface area contributed by atoms with Crippen molar-refractivity contribution in [3.8, 4) is 0 Å². The molecule has 0 atom stereocenters. The third-order valence-electron chi connectivity index (χ3n) is 5.80. The van der Waals surface area contributed by atoms with Gasteiger partial charge in [0.1, 0.15) is 11.6 Å². The molecule has 8 nitrogen and oxygen atoms in total. The number of amides is 1. The zero-order valence-corrected chi connectivity index (χ0v) is 17.9. The fraction of sp³-hybridized carbons (Fsp3) is 0.435. The molecule has 3 aromatic rings. The van der Waals surface area contributed by atoms with Crippen LogP contribution in [-0.4, -0.2) is 44.8 Å². The molecule has 0 saturated carbocycles. The number of piperidine rings is 1. The van der Waals surface area contributed by atoms with Gasteiger partial charge >= 0.3 is 5.69 Å². The number of carbonyl (C=O) groups excluding carboxylic acids is 1. The van der Waals surface area contributed by atoms with E-state index in [1.807, 2.05) is 49.4 Å². The second-order valence-corrected chi connectivity index (χ2v) is 7.93. The number of benzene rings is 1. The van der Waals surface area contributed by atoms with Gasteiger partial charge < -0.3 is 9.73 Å². The first-order chi connectivity index (χ1) is 15.1. The summed E-state index contributed by atoms with van der Waals surface area (Å²) in [5, 5.41) is 7.59. The predicted molar refractivity (Wildman–Crippen MR) is 117 cm³/mol. The summed E-state index contributed by atoms with van der Waals surface area (Å²) in [6.45, 7) is 5.47. The molecule has 0 aliphatic carbocycles. The molecular formula is C23H29N5O3. The smallest absolute Gasteiger partial charge is 0.346 e. The first-order valence-electron chi connectivity index (χ1n) is 10.9. The molecule has 1 aliphatic heterocycles. The standard InChI is InChI=1S/C23H29N5O3/c1-2-27-22(25-28(23(27)30)16-18-7-4-3-5-8-18)19-10-12-26(13-11-19)17-21(29)24-15-20-9-6-14-31-20/h3-9,14,19H,2,10-13,15-17H2,1H3,(H,24,29). The second-order valence-electron chi connectivity index (χ2n) is 7.93. The monoisotopic (exact) mass is 423 g/mol. The van der Waals surface area contributed by atoms with Gasteiger partial charge in [-0.05, 0) is 50.6 Å². The maximum atomic E-state index is 12.8. The van der Waals surface area contributed by atoms with Gasteiger partial charge in [-0.1, -0.05) is 30.3 Å². The largest absolute Gasteiger partial charge is 0.467 e. The molecule has 0 bridgehead atoms. The summed E-state index contributed by atoms with van der Waals surface area (Å²) in [6.07, 6.45) is 3.36. The van der Waals surface area contributed by atoms with Crippen molar-refractivity contribution >= 4 is 5.91 Å². The van der Waals surface area contributed by atoms with Gasteiger partial charge in [0.05, 0.1) is 25.9 Å². The van der Waals surface area contributed by atoms with Crippen LogP contribution in [0, 0.1) is 0 Å². The number of likely N-dealkylation sites (tertiary alicyclic amines) is 1. The van der Waals surface area contributed by atoms with Crippen LogP contribution in [0.15, 0.2) is 57.9 Å². The number of hydrogen-bond acceptors (Lipinski definition) is 5. The predicted octanol–water partition coefficient (Wildman–Crippen LogP) is 2.20. The molecule has 1 fully saturated rings. The first-order valence-corrected chi connectivity index (χ1v) is 10.9. The first kappa shape index (κ1) is 21.1. The van der Waals surface area contributed by atoms with Crippen molar-refractivity contribution in [2.24, 2.45) is 0 Å². The van der Waals surface area contributed by atoms with Gasteiger partial charge in [0.25, 0.3) is 0 Å². The van der Waals surface area contributed by atoms with E-state index < -0.39 is 0 Å². The Hall–Kier alpha value is -3.13. The highest BCUT2D eigenvalue weighted by atomic mass is 16.3. The molecule has 3 heterocycles. The molecule has 1 saturated heterocycles. The molecule has 4 rings (SSSR count). The number of rotatable bonds is 8. The molecule has 8 heteroatoms. The van der Waals surface area contributed by atoms with Crippen LogP contribution in [0.2, 0.25) is 0 Å². The van der Waals surface area contributed by atoms with E-state index in [2.05, 4.69) is 10.2 Å². The topological polar surface area (TPSA) is 85.3 Å². The van der Waals surface area contributed by atoms with E-state index in [-0.39, 0.29) is 17.5 Å². The zero-order chi connectivity index (χ0) is 21.6. The SMILES string of the molecule is CCn1c(C2CCN(CC(=O)NCc3ccco3)CC2)nn(Cc2ccccc2)c1=O. The summed E-state index contributed by atoms with van der Waals surface area (Å²) in [5.74, 6) is 1.83. The maximum absolute atomic E-state index is 12.8. The summed E-state index contributed by atoms with van der Waals surface area (Å²) < 4.78 is 8.61. The number of hydrogen-bond donors (Lipinski definition) is 1. The average Bonchev–Trinajstić information content (AvgIpc) is 3.42. The van der Waals surface area contributed by atoms with Gasteiger partial charge in [-0.3, -0.25) is 14.3 Å². The summed E-state index contributed by atoms with van der Waals surface area (Å²) >= 11 is 0. The van der Waals surface area contributed by atoms with E-state index in [1.54, 1.807) is 15.5 Å². The molecule has 0 radical (unpaired) electrons. The van der Waals surface area contributed by atoms with Crippen LogP contribution in [0.1, 0.15) is 42.8 Å². The minimum atomic E-state index is -0.0545. The third-order valence-corrected chi connectivity index (χ3v) is 5.80. The van der Waals surface area contributed by atoms with E-state index in [4.69, 9.17) is 9.52 Å². The summed E-state index contributed by atoms with van der Waals surface area (Å²) in [6, 6.07) is 13.6. The van der Waals surface area contributed by atoms with Crippen LogP contribution in [-0.2, 0) is 24.4 Å². The van der Waals surface area contributed by atoms with Crippen LogP contribution in [0.4, 0.5) is 0 Å². The lowest BCUT2D eigenvalue weighted by Gasteiger charge is -2.30. The highest BCUT2D eigenvalue weighted by molar-refractivity contribution is 5.77. The van der Waals surface area contributed by atoms with Crippen molar-refractivity contribution in [3.63, 3.8) is 0 Å². The Balaban J connectivity index is 1.34. The molecule has 1 aliphatic rings. The summed E-state index contributed by atoms with van der Waals surface area (Å²) in [5.41, 5.74) is 1.01. The van der Waals surface area contributed by atoms with Crippen LogP contribution >= 0.6 is 0 Å². The zero-order valence-electron chi connectivity index (χ0n) is 17.9. The number of nitrogens with zero attached hydrogens (tertiary/aromatic N) is 4. The molecule has 1 aromatic carbocycles. The van der Waals surface area contributed by atoms with Crippen molar-refractivity contribution in [3.05, 3.63) is 76.4 Å². The van der Waals surface area contributed by atoms with Crippen LogP contribution in [0.25, 0.3) is 0 Å². The molecule has 2 aromatic heterocycles. The van der Waals surface area contributed by atoms with E-state index in [1.165, 1.54) is 0 Å². The van der Waals surface area contributed by atoms with Gasteiger partial charge in [-0.2, -0.15) is 5.10 Å². The Morgan fingerprint density at radius 2 is 1.94 bits per heavy atom. The lowest BCUT2D eigenvalue weighted by molar-refractivity contribution is -0.122. The van der Waals surface area contributed by atoms with E-state index in [0.29, 0.717) is 26.2 Å². The van der Waals surface area contributed by atoms with Crippen molar-refractivity contribution < 1.29 is 9.21 Å². The highest BCUT2D eigenvalue weighted by Gasteiger charge is 2.27. The number of aromatic nitrogens is 3. The van der Waals surface area contributed by atoms with Gasteiger partial charge in [0.2, 0.25) is 5.91 Å². The fourth-order valence-corrected chi connectivity index (χ4v) is 4.12. The van der Waals surface area contributed by atoms with Crippen molar-refractivity contribution in [1.82, 2.24) is 24.6 Å². The Bertz CT molecular complexity index is 1030. The minimum Gasteiger partial charge on any atom is -0.467 e. The average molecular weight is 424 g/mol.